The van der Waals surface area contributed by atoms with Crippen LogP contribution in [0.4, 0.5) is 0 Å². The van der Waals surface area contributed by atoms with Crippen LogP contribution in [0.25, 0.3) is 0 Å². The average Bonchev–Trinajstić information content (AvgIpc) is 2.96. The van der Waals surface area contributed by atoms with Gasteiger partial charge in [0.05, 0.1) is 24.6 Å². The molecule has 0 saturated carbocycles. The third kappa shape index (κ3) is 2.44. The van der Waals surface area contributed by atoms with E-state index in [2.05, 4.69) is 4.98 Å². The molecule has 3 heterocycles. The highest BCUT2D eigenvalue weighted by molar-refractivity contribution is 8.00. The van der Waals surface area contributed by atoms with Gasteiger partial charge < -0.3 is 14.2 Å². The van der Waals surface area contributed by atoms with E-state index in [0.29, 0.717) is 13.2 Å². The molecule has 1 aromatic rings. The van der Waals surface area contributed by atoms with E-state index >= 15 is 0 Å². The Morgan fingerprint density at radius 1 is 1.50 bits per heavy atom. The molecule has 20 heavy (non-hydrogen) atoms. The number of nitrogens with zero attached hydrogens (tertiary/aromatic N) is 1. The number of H-pyrrole nitrogens is 1. The molecule has 1 N–H and O–H groups in total. The van der Waals surface area contributed by atoms with Gasteiger partial charge in [0, 0.05) is 25.1 Å². The Bertz CT molecular complexity index is 586. The van der Waals surface area contributed by atoms with Gasteiger partial charge in [-0.3, -0.25) is 14.3 Å². The lowest BCUT2D eigenvalue weighted by atomic mass is 10.2. The summed E-state index contributed by atoms with van der Waals surface area (Å²) < 4.78 is 18.0. The van der Waals surface area contributed by atoms with Crippen molar-refractivity contribution in [3.63, 3.8) is 0 Å². The lowest BCUT2D eigenvalue weighted by Crippen LogP contribution is -2.36. The highest BCUT2D eigenvalue weighted by atomic mass is 32.2. The minimum Gasteiger partial charge on any atom is -0.382 e. The van der Waals surface area contributed by atoms with E-state index in [-0.39, 0.29) is 17.5 Å². The summed E-state index contributed by atoms with van der Waals surface area (Å²) in [6.45, 7) is 1.04. The van der Waals surface area contributed by atoms with Crippen LogP contribution < -0.4 is 11.2 Å². The van der Waals surface area contributed by atoms with Gasteiger partial charge in [0.25, 0.3) is 5.56 Å². The van der Waals surface area contributed by atoms with Crippen LogP contribution in [0.15, 0.2) is 21.9 Å². The monoisotopic (exact) mass is 300 g/mol. The van der Waals surface area contributed by atoms with Crippen molar-refractivity contribution in [3.8, 4) is 0 Å². The van der Waals surface area contributed by atoms with Crippen molar-refractivity contribution in [1.82, 2.24) is 9.55 Å². The van der Waals surface area contributed by atoms with E-state index in [1.807, 2.05) is 0 Å². The highest BCUT2D eigenvalue weighted by Crippen LogP contribution is 2.46. The van der Waals surface area contributed by atoms with E-state index in [1.54, 1.807) is 18.9 Å². The summed E-state index contributed by atoms with van der Waals surface area (Å²) in [6.07, 6.45) is 1.01. The molecule has 2 aliphatic heterocycles. The van der Waals surface area contributed by atoms with E-state index < -0.39 is 17.5 Å². The first kappa shape index (κ1) is 13.9. The van der Waals surface area contributed by atoms with Crippen LogP contribution in [-0.2, 0) is 14.2 Å². The molecule has 2 saturated heterocycles. The second kappa shape index (κ2) is 5.72. The summed E-state index contributed by atoms with van der Waals surface area (Å²) in [6, 6.07) is 1.32. The van der Waals surface area contributed by atoms with E-state index in [0.717, 1.165) is 5.75 Å². The van der Waals surface area contributed by atoms with Gasteiger partial charge in [0.1, 0.15) is 6.10 Å². The second-order valence-corrected chi connectivity index (χ2v) is 5.92. The average molecular weight is 300 g/mol. The first-order valence-electron chi connectivity index (χ1n) is 6.40. The number of hydrogen-bond donors (Lipinski definition) is 1. The molecule has 1 aromatic heterocycles. The van der Waals surface area contributed by atoms with Gasteiger partial charge in [-0.1, -0.05) is 0 Å². The summed E-state index contributed by atoms with van der Waals surface area (Å²) in [5.41, 5.74) is -0.860. The van der Waals surface area contributed by atoms with Gasteiger partial charge in [-0.15, -0.1) is 11.8 Å². The zero-order valence-electron chi connectivity index (χ0n) is 11.0. The summed E-state index contributed by atoms with van der Waals surface area (Å²) in [7, 11) is 1.63. The minimum atomic E-state index is -0.453. The number of hydrogen-bond acceptors (Lipinski definition) is 6. The molecule has 2 fully saturated rings. The number of aromatic nitrogens is 2. The van der Waals surface area contributed by atoms with Gasteiger partial charge >= 0.3 is 5.69 Å². The zero-order chi connectivity index (χ0) is 14.1. The zero-order valence-corrected chi connectivity index (χ0v) is 11.8. The second-order valence-electron chi connectivity index (χ2n) is 4.71. The van der Waals surface area contributed by atoms with Gasteiger partial charge in [-0.2, -0.15) is 0 Å². The molecule has 7 nitrogen and oxygen atoms in total. The van der Waals surface area contributed by atoms with Crippen LogP contribution in [0.5, 0.6) is 0 Å². The Balaban J connectivity index is 1.77. The maximum absolute atomic E-state index is 11.8. The number of aromatic amines is 1. The fourth-order valence-electron chi connectivity index (χ4n) is 2.55. The van der Waals surface area contributed by atoms with Crippen molar-refractivity contribution in [1.29, 1.82) is 0 Å². The molecule has 8 heteroatoms. The SMILES string of the molecule is COCCO[C@H]1[C@@H]2SC[C@H]1O[C@@H]2n1ccc(=O)[nH]c1=O. The summed E-state index contributed by atoms with van der Waals surface area (Å²) >= 11 is 1.73. The number of fused-ring (bicyclic) bond motifs is 2. The van der Waals surface area contributed by atoms with Crippen LogP contribution in [0.3, 0.4) is 0 Å². The molecule has 0 spiro atoms. The number of methoxy groups -OCH3 is 1. The molecular weight excluding hydrogens is 284 g/mol. The Morgan fingerprint density at radius 3 is 3.10 bits per heavy atom. The van der Waals surface area contributed by atoms with Crippen molar-refractivity contribution >= 4 is 11.8 Å². The Hall–Kier alpha value is -1.09. The van der Waals surface area contributed by atoms with Gasteiger partial charge in [0.2, 0.25) is 0 Å². The molecule has 2 bridgehead atoms. The molecule has 0 aromatic carbocycles. The normalized spacial score (nSPS) is 31.9. The van der Waals surface area contributed by atoms with Crippen molar-refractivity contribution in [3.05, 3.63) is 33.1 Å². The predicted molar refractivity (Wildman–Crippen MR) is 73.1 cm³/mol. The van der Waals surface area contributed by atoms with E-state index in [4.69, 9.17) is 14.2 Å². The van der Waals surface area contributed by atoms with Crippen LogP contribution in [0.2, 0.25) is 0 Å². The molecule has 4 atom stereocenters. The Morgan fingerprint density at radius 2 is 2.35 bits per heavy atom. The van der Waals surface area contributed by atoms with Crippen molar-refractivity contribution in [2.45, 2.75) is 23.7 Å². The number of thioether (sulfide) groups is 1. The molecule has 3 rings (SSSR count). The van der Waals surface area contributed by atoms with Crippen molar-refractivity contribution in [2.24, 2.45) is 0 Å². The Labute approximate surface area is 119 Å². The highest BCUT2D eigenvalue weighted by Gasteiger charge is 2.52. The maximum Gasteiger partial charge on any atom is 0.330 e. The van der Waals surface area contributed by atoms with Crippen LogP contribution >= 0.6 is 11.8 Å². The largest absolute Gasteiger partial charge is 0.382 e. The number of nitrogens with one attached hydrogen (secondary N) is 1. The third-order valence-electron chi connectivity index (χ3n) is 3.46. The molecular formula is C12H16N2O5S. The van der Waals surface area contributed by atoms with Crippen LogP contribution in [0.1, 0.15) is 6.23 Å². The molecule has 110 valence electrons. The molecule has 2 aliphatic rings. The number of ether oxygens (including phenoxy) is 3. The third-order valence-corrected chi connectivity index (χ3v) is 4.87. The smallest absolute Gasteiger partial charge is 0.330 e. The molecule has 0 unspecified atom stereocenters. The summed E-state index contributed by atoms with van der Waals surface area (Å²) in [5, 5.41) is 0.0560. The standard InChI is InChI=1S/C12H16N2O5S/c1-17-4-5-18-9-7-6-20-10(9)11(19-7)14-3-2-8(15)13-12(14)16/h2-3,7,9-11H,4-6H2,1H3,(H,13,15,16)/t7-,9-,10+,11+/m1/s1. The summed E-state index contributed by atoms with van der Waals surface area (Å²) in [5.74, 6) is 0.858. The quantitative estimate of drug-likeness (QED) is 0.744. The summed E-state index contributed by atoms with van der Waals surface area (Å²) in [4.78, 5) is 25.2. The van der Waals surface area contributed by atoms with Crippen molar-refractivity contribution in [2.75, 3.05) is 26.1 Å². The molecule has 0 aliphatic carbocycles. The maximum atomic E-state index is 11.8. The first-order chi connectivity index (χ1) is 9.70. The predicted octanol–water partition coefficient (Wildman–Crippen LogP) is -0.419. The van der Waals surface area contributed by atoms with Gasteiger partial charge in [-0.05, 0) is 0 Å². The minimum absolute atomic E-state index is 0.0225. The molecule has 0 amide bonds. The van der Waals surface area contributed by atoms with E-state index in [1.165, 1.54) is 16.8 Å². The number of rotatable bonds is 5. The topological polar surface area (TPSA) is 82.6 Å². The fraction of sp³-hybridized carbons (Fsp3) is 0.667. The first-order valence-corrected chi connectivity index (χ1v) is 7.44. The lowest BCUT2D eigenvalue weighted by molar-refractivity contribution is -0.0356. The van der Waals surface area contributed by atoms with Gasteiger partial charge in [-0.25, -0.2) is 4.79 Å². The lowest BCUT2D eigenvalue weighted by Gasteiger charge is -2.22. The Kier molecular flexibility index (Phi) is 3.97. The van der Waals surface area contributed by atoms with E-state index in [9.17, 15) is 9.59 Å². The van der Waals surface area contributed by atoms with Gasteiger partial charge in [0.15, 0.2) is 6.23 Å². The fourth-order valence-corrected chi connectivity index (χ4v) is 4.03. The molecule has 0 radical (unpaired) electrons. The van der Waals surface area contributed by atoms with Crippen LogP contribution in [-0.4, -0.2) is 53.1 Å². The van der Waals surface area contributed by atoms with Crippen LogP contribution in [0, 0.1) is 0 Å². The van der Waals surface area contributed by atoms with Crippen molar-refractivity contribution < 1.29 is 14.2 Å².